The number of hydrogen-bond acceptors (Lipinski definition) is 2. The zero-order chi connectivity index (χ0) is 15.0. The van der Waals surface area contributed by atoms with Crippen LogP contribution in [0.15, 0.2) is 24.3 Å². The Morgan fingerprint density at radius 2 is 1.90 bits per heavy atom. The summed E-state index contributed by atoms with van der Waals surface area (Å²) in [5.41, 5.74) is 0.157. The molecule has 3 nitrogen and oxygen atoms in total. The Kier molecular flexibility index (Phi) is 3.77. The molecule has 0 fully saturated rings. The topological polar surface area (TPSA) is 57.5 Å². The van der Waals surface area contributed by atoms with E-state index in [0.717, 1.165) is 11.1 Å². The summed E-state index contributed by atoms with van der Waals surface area (Å²) in [5.74, 6) is -1.28. The summed E-state index contributed by atoms with van der Waals surface area (Å²) in [6.45, 7) is 0. The van der Waals surface area contributed by atoms with Crippen molar-refractivity contribution in [3.05, 3.63) is 35.4 Å². The lowest BCUT2D eigenvalue weighted by molar-refractivity contribution is -0.215. The third kappa shape index (κ3) is 2.80. The number of carboxylic acids is 1. The molecule has 1 aliphatic rings. The molecule has 0 radical (unpaired) electrons. The largest absolute Gasteiger partial charge is 0.481 e. The lowest BCUT2D eigenvalue weighted by Gasteiger charge is -2.36. The minimum Gasteiger partial charge on any atom is -0.481 e. The van der Waals surface area contributed by atoms with Crippen molar-refractivity contribution in [2.24, 2.45) is 5.41 Å². The molecule has 1 aliphatic carbocycles. The summed E-state index contributed by atoms with van der Waals surface area (Å²) in [7, 11) is 0. The molecule has 110 valence electrons. The fourth-order valence-electron chi connectivity index (χ4n) is 2.73. The quantitative estimate of drug-likeness (QED) is 0.898. The molecule has 2 N–H and O–H groups in total. The zero-order valence-electron chi connectivity index (χ0n) is 10.7. The van der Waals surface area contributed by atoms with Gasteiger partial charge in [-0.05, 0) is 36.8 Å². The molecular weight excluding hydrogens is 273 g/mol. The molecule has 0 saturated carbocycles. The van der Waals surface area contributed by atoms with Crippen LogP contribution in [0.4, 0.5) is 13.2 Å². The van der Waals surface area contributed by atoms with Gasteiger partial charge in [0.2, 0.25) is 0 Å². The van der Waals surface area contributed by atoms with Crippen molar-refractivity contribution >= 4 is 5.97 Å². The highest BCUT2D eigenvalue weighted by Gasteiger charge is 2.49. The van der Waals surface area contributed by atoms with Crippen LogP contribution in [0.3, 0.4) is 0 Å². The van der Waals surface area contributed by atoms with Gasteiger partial charge in [0.15, 0.2) is 6.10 Å². The van der Waals surface area contributed by atoms with Crippen molar-refractivity contribution in [1.82, 2.24) is 0 Å². The van der Waals surface area contributed by atoms with E-state index in [2.05, 4.69) is 0 Å². The van der Waals surface area contributed by atoms with Gasteiger partial charge in [0.25, 0.3) is 0 Å². The molecule has 20 heavy (non-hydrogen) atoms. The van der Waals surface area contributed by atoms with E-state index in [4.69, 9.17) is 0 Å². The number of carboxylic acid groups (broad SMARTS) is 1. The summed E-state index contributed by atoms with van der Waals surface area (Å²) in [5, 5.41) is 18.6. The van der Waals surface area contributed by atoms with Gasteiger partial charge in [0.1, 0.15) is 0 Å². The van der Waals surface area contributed by atoms with Crippen LogP contribution in [0.2, 0.25) is 0 Å². The van der Waals surface area contributed by atoms with Crippen LogP contribution in [0.25, 0.3) is 0 Å². The second-order valence-corrected chi connectivity index (χ2v) is 5.29. The molecule has 1 aromatic carbocycles. The van der Waals surface area contributed by atoms with Crippen LogP contribution >= 0.6 is 0 Å². The highest BCUT2D eigenvalue weighted by atomic mass is 19.4. The lowest BCUT2D eigenvalue weighted by Crippen LogP contribution is -2.43. The van der Waals surface area contributed by atoms with Crippen LogP contribution in [-0.4, -0.2) is 28.5 Å². The molecule has 0 saturated heterocycles. The van der Waals surface area contributed by atoms with Crippen LogP contribution in [0.5, 0.6) is 0 Å². The molecule has 2 unspecified atom stereocenters. The Morgan fingerprint density at radius 3 is 2.45 bits per heavy atom. The number of aryl methyl sites for hydroxylation is 1. The van der Waals surface area contributed by atoms with Gasteiger partial charge < -0.3 is 10.2 Å². The Morgan fingerprint density at radius 1 is 1.30 bits per heavy atom. The number of halogens is 3. The van der Waals surface area contributed by atoms with Crippen LogP contribution in [0, 0.1) is 5.41 Å². The minimum absolute atomic E-state index is 0.0195. The first kappa shape index (κ1) is 14.8. The summed E-state index contributed by atoms with van der Waals surface area (Å²) >= 11 is 0. The Balaban J connectivity index is 2.27. The highest BCUT2D eigenvalue weighted by molar-refractivity contribution is 5.75. The first-order valence-corrected chi connectivity index (χ1v) is 6.29. The Bertz CT molecular complexity index is 513. The number of carbonyl (C=O) groups is 1. The van der Waals surface area contributed by atoms with E-state index in [-0.39, 0.29) is 12.8 Å². The first-order chi connectivity index (χ1) is 9.24. The third-order valence-electron chi connectivity index (χ3n) is 3.94. The normalized spacial score (nSPS) is 24.0. The van der Waals surface area contributed by atoms with E-state index in [9.17, 15) is 28.2 Å². The van der Waals surface area contributed by atoms with Crippen molar-refractivity contribution in [3.8, 4) is 0 Å². The SMILES string of the molecule is O=C(O)C1(CC(O)C(F)(F)F)CCc2ccccc2C1. The maximum atomic E-state index is 12.5. The second-order valence-electron chi connectivity index (χ2n) is 5.29. The number of aliphatic carboxylic acids is 1. The van der Waals surface area contributed by atoms with Crippen molar-refractivity contribution in [1.29, 1.82) is 0 Å². The van der Waals surface area contributed by atoms with E-state index in [1.165, 1.54) is 0 Å². The van der Waals surface area contributed by atoms with Gasteiger partial charge in [-0.25, -0.2) is 0 Å². The van der Waals surface area contributed by atoms with E-state index >= 15 is 0 Å². The van der Waals surface area contributed by atoms with Crippen molar-refractivity contribution < 1.29 is 28.2 Å². The zero-order valence-corrected chi connectivity index (χ0v) is 10.7. The molecule has 6 heteroatoms. The lowest BCUT2D eigenvalue weighted by atomic mass is 9.68. The van der Waals surface area contributed by atoms with Gasteiger partial charge in [0.05, 0.1) is 5.41 Å². The van der Waals surface area contributed by atoms with Crippen LogP contribution in [-0.2, 0) is 17.6 Å². The minimum atomic E-state index is -4.79. The predicted molar refractivity (Wildman–Crippen MR) is 65.2 cm³/mol. The second kappa shape index (κ2) is 5.09. The standard InChI is InChI=1S/C14H15F3O3/c15-14(16,17)11(18)8-13(12(19)20)6-5-9-3-1-2-4-10(9)7-13/h1-4,11,18H,5-8H2,(H,19,20). The van der Waals surface area contributed by atoms with E-state index in [1.807, 2.05) is 12.1 Å². The number of aliphatic hydroxyl groups is 1. The molecule has 2 atom stereocenters. The number of aliphatic hydroxyl groups excluding tert-OH is 1. The number of alkyl halides is 3. The smallest absolute Gasteiger partial charge is 0.414 e. The average molecular weight is 288 g/mol. The summed E-state index contributed by atoms with van der Waals surface area (Å²) < 4.78 is 37.5. The first-order valence-electron chi connectivity index (χ1n) is 6.29. The molecule has 0 spiro atoms. The van der Waals surface area contributed by atoms with Crippen LogP contribution < -0.4 is 0 Å². The molecule has 0 heterocycles. The van der Waals surface area contributed by atoms with Crippen molar-refractivity contribution in [3.63, 3.8) is 0 Å². The molecule has 0 aliphatic heterocycles. The maximum Gasteiger partial charge on any atom is 0.414 e. The van der Waals surface area contributed by atoms with Crippen LogP contribution in [0.1, 0.15) is 24.0 Å². The van der Waals surface area contributed by atoms with Crippen molar-refractivity contribution in [2.75, 3.05) is 0 Å². The molecule has 1 aromatic rings. The molecule has 0 bridgehead atoms. The number of rotatable bonds is 3. The van der Waals surface area contributed by atoms with Gasteiger partial charge >= 0.3 is 12.1 Å². The fraction of sp³-hybridized carbons (Fsp3) is 0.500. The molecular formula is C14H15F3O3. The average Bonchev–Trinajstić information content (AvgIpc) is 2.37. The Labute approximate surface area is 114 Å². The Hall–Kier alpha value is -1.56. The van der Waals surface area contributed by atoms with Gasteiger partial charge in [-0.3, -0.25) is 4.79 Å². The van der Waals surface area contributed by atoms with Crippen molar-refractivity contribution in [2.45, 2.75) is 38.0 Å². The molecule has 0 aromatic heterocycles. The van der Waals surface area contributed by atoms with Gasteiger partial charge in [-0.15, -0.1) is 0 Å². The van der Waals surface area contributed by atoms with Gasteiger partial charge in [0, 0.05) is 0 Å². The van der Waals surface area contributed by atoms with E-state index < -0.39 is 30.1 Å². The summed E-state index contributed by atoms with van der Waals surface area (Å²) in [6.07, 6.45) is -7.67. The summed E-state index contributed by atoms with van der Waals surface area (Å²) in [4.78, 5) is 11.5. The van der Waals surface area contributed by atoms with E-state index in [1.54, 1.807) is 12.1 Å². The monoisotopic (exact) mass is 288 g/mol. The molecule has 0 amide bonds. The predicted octanol–water partition coefficient (Wildman–Crippen LogP) is 2.56. The third-order valence-corrected chi connectivity index (χ3v) is 3.94. The number of benzene rings is 1. The number of fused-ring (bicyclic) bond motifs is 1. The fourth-order valence-corrected chi connectivity index (χ4v) is 2.73. The summed E-state index contributed by atoms with van der Waals surface area (Å²) in [6, 6.07) is 7.13. The highest BCUT2D eigenvalue weighted by Crippen LogP contribution is 2.42. The van der Waals surface area contributed by atoms with Gasteiger partial charge in [-0.2, -0.15) is 13.2 Å². The maximum absolute atomic E-state index is 12.5. The number of hydrogen-bond donors (Lipinski definition) is 2. The van der Waals surface area contributed by atoms with Gasteiger partial charge in [-0.1, -0.05) is 24.3 Å². The van der Waals surface area contributed by atoms with E-state index in [0.29, 0.717) is 6.42 Å². The molecule has 2 rings (SSSR count).